The molecule has 26 heavy (non-hydrogen) atoms. The summed E-state index contributed by atoms with van der Waals surface area (Å²) in [5.74, 6) is 0.936. The lowest BCUT2D eigenvalue weighted by atomic mass is 9.90. The molecule has 0 fully saturated rings. The number of benzene rings is 1. The first kappa shape index (κ1) is 16.3. The molecule has 6 heteroatoms. The van der Waals surface area contributed by atoms with Gasteiger partial charge in [-0.15, -0.1) is 0 Å². The van der Waals surface area contributed by atoms with Crippen molar-refractivity contribution >= 4 is 11.6 Å². The van der Waals surface area contributed by atoms with Crippen LogP contribution in [0, 0.1) is 0 Å². The van der Waals surface area contributed by atoms with Crippen LogP contribution in [-0.2, 0) is 0 Å². The van der Waals surface area contributed by atoms with Crippen LogP contribution >= 0.6 is 0 Å². The minimum absolute atomic E-state index is 0.0785. The van der Waals surface area contributed by atoms with Crippen LogP contribution in [0.25, 0.3) is 5.82 Å². The molecule has 6 nitrogen and oxygen atoms in total. The Bertz CT molecular complexity index is 906. The number of amides is 1. The molecule has 1 atom stereocenters. The molecule has 0 aliphatic carbocycles. The lowest BCUT2D eigenvalue weighted by Crippen LogP contribution is -2.34. The largest absolute Gasteiger partial charge is 0.374 e. The van der Waals surface area contributed by atoms with Gasteiger partial charge in [-0.2, -0.15) is 0 Å². The van der Waals surface area contributed by atoms with Gasteiger partial charge in [-0.1, -0.05) is 18.2 Å². The zero-order chi connectivity index (χ0) is 17.9. The third kappa shape index (κ3) is 3.18. The molecule has 0 unspecified atom stereocenters. The van der Waals surface area contributed by atoms with Crippen molar-refractivity contribution in [1.82, 2.24) is 19.9 Å². The first-order valence-electron chi connectivity index (χ1n) is 8.75. The van der Waals surface area contributed by atoms with E-state index in [1.54, 1.807) is 41.6 Å². The molecule has 4 rings (SSSR count). The number of nitrogens with zero attached hydrogens (tertiary/aromatic N) is 4. The molecule has 0 saturated carbocycles. The number of carbonyl (C=O) groups is 1. The summed E-state index contributed by atoms with van der Waals surface area (Å²) in [7, 11) is 2.11. The van der Waals surface area contributed by atoms with Crippen LogP contribution in [0.1, 0.15) is 28.3 Å². The highest BCUT2D eigenvalue weighted by atomic mass is 16.1. The van der Waals surface area contributed by atoms with E-state index < -0.39 is 0 Å². The van der Waals surface area contributed by atoms with Crippen molar-refractivity contribution in [2.45, 2.75) is 12.3 Å². The lowest BCUT2D eigenvalue weighted by Gasteiger charge is -2.33. The molecule has 1 aromatic carbocycles. The van der Waals surface area contributed by atoms with Gasteiger partial charge in [-0.05, 0) is 30.2 Å². The molecule has 1 amide bonds. The Kier molecular flexibility index (Phi) is 4.39. The Morgan fingerprint density at radius 3 is 3.00 bits per heavy atom. The van der Waals surface area contributed by atoms with E-state index in [0.717, 1.165) is 13.0 Å². The monoisotopic (exact) mass is 347 g/mol. The molecule has 0 saturated heterocycles. The fraction of sp³-hybridized carbons (Fsp3) is 0.250. The zero-order valence-electron chi connectivity index (χ0n) is 14.7. The third-order valence-corrected chi connectivity index (χ3v) is 4.89. The number of fused-ring (bicyclic) bond motifs is 1. The van der Waals surface area contributed by atoms with Crippen LogP contribution in [0.3, 0.4) is 0 Å². The van der Waals surface area contributed by atoms with Crippen LogP contribution in [-0.4, -0.2) is 40.6 Å². The fourth-order valence-corrected chi connectivity index (χ4v) is 3.43. The average Bonchev–Trinajstić information content (AvgIpc) is 3.22. The smallest absolute Gasteiger partial charge is 0.251 e. The number of imidazole rings is 1. The van der Waals surface area contributed by atoms with E-state index in [0.29, 0.717) is 23.8 Å². The standard InChI is InChI=1S/C20H21N5O/c1-24-10-7-16(17-4-2-3-5-18(17)24)13-23-20(26)15-6-8-22-19(12-15)25-11-9-21-14-25/h2-6,8-9,11-12,14,16H,7,10,13H2,1H3,(H,23,26)/t16-/m0/s1. The summed E-state index contributed by atoms with van der Waals surface area (Å²) >= 11 is 0. The van der Waals surface area contributed by atoms with E-state index in [9.17, 15) is 4.79 Å². The van der Waals surface area contributed by atoms with Crippen molar-refractivity contribution < 1.29 is 4.79 Å². The minimum atomic E-state index is -0.0785. The Morgan fingerprint density at radius 2 is 2.15 bits per heavy atom. The van der Waals surface area contributed by atoms with Gasteiger partial charge in [0.1, 0.15) is 12.1 Å². The maximum Gasteiger partial charge on any atom is 0.251 e. The van der Waals surface area contributed by atoms with Crippen LogP contribution in [0.2, 0.25) is 0 Å². The highest BCUT2D eigenvalue weighted by Gasteiger charge is 2.23. The summed E-state index contributed by atoms with van der Waals surface area (Å²) < 4.78 is 1.78. The number of anilines is 1. The summed E-state index contributed by atoms with van der Waals surface area (Å²) in [4.78, 5) is 23.2. The van der Waals surface area contributed by atoms with Gasteiger partial charge in [0.25, 0.3) is 5.91 Å². The fourth-order valence-electron chi connectivity index (χ4n) is 3.43. The molecule has 2 aromatic heterocycles. The van der Waals surface area contributed by atoms with Crippen LogP contribution < -0.4 is 10.2 Å². The number of para-hydroxylation sites is 1. The number of hydrogen-bond donors (Lipinski definition) is 1. The van der Waals surface area contributed by atoms with Crippen molar-refractivity contribution in [1.29, 1.82) is 0 Å². The number of hydrogen-bond acceptors (Lipinski definition) is 4. The maximum atomic E-state index is 12.6. The van der Waals surface area contributed by atoms with Gasteiger partial charge >= 0.3 is 0 Å². The normalized spacial score (nSPS) is 16.2. The van der Waals surface area contributed by atoms with E-state index in [1.165, 1.54) is 11.3 Å². The van der Waals surface area contributed by atoms with E-state index >= 15 is 0 Å². The summed E-state index contributed by atoms with van der Waals surface area (Å²) in [6, 6.07) is 11.9. The quantitative estimate of drug-likeness (QED) is 0.788. The molecule has 1 aliphatic rings. The molecule has 1 aliphatic heterocycles. The number of aromatic nitrogens is 3. The maximum absolute atomic E-state index is 12.6. The molecule has 3 aromatic rings. The van der Waals surface area contributed by atoms with Gasteiger partial charge in [0, 0.05) is 55.9 Å². The van der Waals surface area contributed by atoms with Crippen molar-refractivity contribution in [2.24, 2.45) is 0 Å². The number of carbonyl (C=O) groups excluding carboxylic acids is 1. The minimum Gasteiger partial charge on any atom is -0.374 e. The first-order valence-corrected chi connectivity index (χ1v) is 8.75. The van der Waals surface area contributed by atoms with Gasteiger partial charge in [0.15, 0.2) is 0 Å². The van der Waals surface area contributed by atoms with E-state index in [2.05, 4.69) is 51.5 Å². The van der Waals surface area contributed by atoms with Crippen molar-refractivity contribution in [3.63, 3.8) is 0 Å². The zero-order valence-corrected chi connectivity index (χ0v) is 14.7. The van der Waals surface area contributed by atoms with E-state index in [-0.39, 0.29) is 5.91 Å². The Morgan fingerprint density at radius 1 is 1.27 bits per heavy atom. The summed E-state index contributed by atoms with van der Waals surface area (Å²) in [6.07, 6.45) is 7.84. The predicted octanol–water partition coefficient (Wildman–Crippen LogP) is 2.62. The third-order valence-electron chi connectivity index (χ3n) is 4.89. The second-order valence-corrected chi connectivity index (χ2v) is 6.55. The predicted molar refractivity (Wildman–Crippen MR) is 101 cm³/mol. The second-order valence-electron chi connectivity index (χ2n) is 6.55. The average molecular weight is 347 g/mol. The van der Waals surface area contributed by atoms with Gasteiger partial charge in [-0.3, -0.25) is 9.36 Å². The lowest BCUT2D eigenvalue weighted by molar-refractivity contribution is 0.0950. The van der Waals surface area contributed by atoms with Gasteiger partial charge in [-0.25, -0.2) is 9.97 Å². The second kappa shape index (κ2) is 7.00. The number of nitrogens with one attached hydrogen (secondary N) is 1. The molecular weight excluding hydrogens is 326 g/mol. The number of pyridine rings is 1. The topological polar surface area (TPSA) is 63.1 Å². The molecule has 132 valence electrons. The van der Waals surface area contributed by atoms with Crippen molar-refractivity contribution in [3.05, 3.63) is 72.4 Å². The van der Waals surface area contributed by atoms with Gasteiger partial charge in [0.05, 0.1) is 0 Å². The summed E-state index contributed by atoms with van der Waals surface area (Å²) in [6.45, 7) is 1.63. The van der Waals surface area contributed by atoms with Crippen LogP contribution in [0.15, 0.2) is 61.3 Å². The van der Waals surface area contributed by atoms with Crippen LogP contribution in [0.4, 0.5) is 5.69 Å². The summed E-state index contributed by atoms with van der Waals surface area (Å²) in [5, 5.41) is 3.09. The van der Waals surface area contributed by atoms with Gasteiger partial charge < -0.3 is 10.2 Å². The molecule has 0 spiro atoms. The highest BCUT2D eigenvalue weighted by molar-refractivity contribution is 5.94. The van der Waals surface area contributed by atoms with Crippen molar-refractivity contribution in [2.75, 3.05) is 25.0 Å². The van der Waals surface area contributed by atoms with E-state index in [4.69, 9.17) is 0 Å². The molecule has 1 N–H and O–H groups in total. The Balaban J connectivity index is 1.47. The molecule has 0 bridgehead atoms. The molecule has 3 heterocycles. The highest BCUT2D eigenvalue weighted by Crippen LogP contribution is 2.33. The molecular formula is C20H21N5O. The van der Waals surface area contributed by atoms with Gasteiger partial charge in [0.2, 0.25) is 0 Å². The van der Waals surface area contributed by atoms with Crippen LogP contribution in [0.5, 0.6) is 0 Å². The summed E-state index contributed by atoms with van der Waals surface area (Å²) in [5.41, 5.74) is 3.16. The van der Waals surface area contributed by atoms with E-state index in [1.807, 2.05) is 0 Å². The Hall–Kier alpha value is -3.15. The first-order chi connectivity index (χ1) is 12.7. The SMILES string of the molecule is CN1CC[C@@H](CNC(=O)c2ccnc(-n3ccnc3)c2)c2ccccc21. The number of rotatable bonds is 4. The molecule has 0 radical (unpaired) electrons. The van der Waals surface area contributed by atoms with Crippen molar-refractivity contribution in [3.8, 4) is 5.82 Å². The Labute approximate surface area is 152 Å².